The Morgan fingerprint density at radius 1 is 1.10 bits per heavy atom. The van der Waals surface area contributed by atoms with E-state index in [0.29, 0.717) is 5.92 Å². The quantitative estimate of drug-likeness (QED) is 0.812. The molecule has 0 bridgehead atoms. The minimum atomic E-state index is -0.176. The van der Waals surface area contributed by atoms with Crippen molar-refractivity contribution in [3.63, 3.8) is 0 Å². The molecule has 3 nitrogen and oxygen atoms in total. The Morgan fingerprint density at radius 3 is 2.33 bits per heavy atom. The van der Waals surface area contributed by atoms with Gasteiger partial charge in [-0.2, -0.15) is 0 Å². The molecule has 2 aromatic rings. The highest BCUT2D eigenvalue weighted by molar-refractivity contribution is 5.25. The van der Waals surface area contributed by atoms with Crippen molar-refractivity contribution in [3.8, 4) is 0 Å². The Bertz CT molecular complexity index is 517. The minimum absolute atomic E-state index is 0.0171. The zero-order chi connectivity index (χ0) is 15.2. The van der Waals surface area contributed by atoms with Crippen LogP contribution in [0.5, 0.6) is 0 Å². The molecule has 1 heterocycles. The number of aliphatic hydroxyl groups excluding tert-OH is 1. The van der Waals surface area contributed by atoms with Crippen molar-refractivity contribution in [1.82, 2.24) is 5.32 Å². The molecule has 2 atom stereocenters. The van der Waals surface area contributed by atoms with Crippen LogP contribution in [0.3, 0.4) is 0 Å². The first-order valence-electron chi connectivity index (χ1n) is 7.59. The molecule has 0 aliphatic carbocycles. The average molecular weight is 287 g/mol. The number of rotatable bonds is 7. The van der Waals surface area contributed by atoms with Crippen LogP contribution in [-0.2, 0) is 6.42 Å². The Kier molecular flexibility index (Phi) is 5.59. The fourth-order valence-corrected chi connectivity index (χ4v) is 2.53. The lowest BCUT2D eigenvalue weighted by molar-refractivity contribution is 0.217. The van der Waals surface area contributed by atoms with E-state index < -0.39 is 0 Å². The van der Waals surface area contributed by atoms with Gasteiger partial charge in [-0.25, -0.2) is 0 Å². The molecular weight excluding hydrogens is 262 g/mol. The van der Waals surface area contributed by atoms with Gasteiger partial charge >= 0.3 is 0 Å². The van der Waals surface area contributed by atoms with E-state index in [9.17, 15) is 5.11 Å². The SMILES string of the molecule is CC(C)Cc1ccc(C(C)NC(CO)c2ccco2)cc1. The third-order valence-corrected chi connectivity index (χ3v) is 3.64. The molecule has 0 saturated carbocycles. The first-order valence-corrected chi connectivity index (χ1v) is 7.59. The lowest BCUT2D eigenvalue weighted by Gasteiger charge is -2.21. The second kappa shape index (κ2) is 7.43. The number of hydrogen-bond acceptors (Lipinski definition) is 3. The molecule has 2 N–H and O–H groups in total. The number of aliphatic hydroxyl groups is 1. The first-order chi connectivity index (χ1) is 10.1. The largest absolute Gasteiger partial charge is 0.468 e. The van der Waals surface area contributed by atoms with Gasteiger partial charge in [0.05, 0.1) is 18.9 Å². The minimum Gasteiger partial charge on any atom is -0.468 e. The zero-order valence-electron chi connectivity index (χ0n) is 13.0. The van der Waals surface area contributed by atoms with Gasteiger partial charge in [0.2, 0.25) is 0 Å². The van der Waals surface area contributed by atoms with E-state index in [-0.39, 0.29) is 18.7 Å². The summed E-state index contributed by atoms with van der Waals surface area (Å²) >= 11 is 0. The normalized spacial score (nSPS) is 14.3. The maximum absolute atomic E-state index is 9.51. The fourth-order valence-electron chi connectivity index (χ4n) is 2.53. The Balaban J connectivity index is 2.00. The first kappa shape index (κ1) is 15.8. The molecule has 1 aromatic carbocycles. The van der Waals surface area contributed by atoms with E-state index in [0.717, 1.165) is 12.2 Å². The van der Waals surface area contributed by atoms with Crippen molar-refractivity contribution in [1.29, 1.82) is 0 Å². The van der Waals surface area contributed by atoms with Gasteiger partial charge in [0, 0.05) is 6.04 Å². The number of benzene rings is 1. The monoisotopic (exact) mass is 287 g/mol. The summed E-state index contributed by atoms with van der Waals surface area (Å²) in [5.41, 5.74) is 2.58. The number of furan rings is 1. The van der Waals surface area contributed by atoms with Gasteiger partial charge in [0.25, 0.3) is 0 Å². The molecule has 0 aliphatic heterocycles. The molecule has 0 radical (unpaired) electrons. The van der Waals surface area contributed by atoms with Crippen molar-refractivity contribution >= 4 is 0 Å². The van der Waals surface area contributed by atoms with Crippen LogP contribution in [0.2, 0.25) is 0 Å². The molecule has 2 unspecified atom stereocenters. The summed E-state index contributed by atoms with van der Waals surface area (Å²) < 4.78 is 5.36. The standard InChI is InChI=1S/C18H25NO2/c1-13(2)11-15-6-8-16(9-7-15)14(3)19-17(12-20)18-5-4-10-21-18/h4-10,13-14,17,19-20H,11-12H2,1-3H3. The summed E-state index contributed by atoms with van der Waals surface area (Å²) in [7, 11) is 0. The van der Waals surface area contributed by atoms with E-state index in [4.69, 9.17) is 4.42 Å². The molecule has 1 aromatic heterocycles. The zero-order valence-corrected chi connectivity index (χ0v) is 13.0. The summed E-state index contributed by atoms with van der Waals surface area (Å²) in [6.07, 6.45) is 2.73. The van der Waals surface area contributed by atoms with Crippen molar-refractivity contribution < 1.29 is 9.52 Å². The smallest absolute Gasteiger partial charge is 0.123 e. The predicted molar refractivity (Wildman–Crippen MR) is 85.1 cm³/mol. The van der Waals surface area contributed by atoms with Gasteiger partial charge in [-0.1, -0.05) is 38.1 Å². The maximum atomic E-state index is 9.51. The van der Waals surface area contributed by atoms with Gasteiger partial charge < -0.3 is 9.52 Å². The van der Waals surface area contributed by atoms with Crippen LogP contribution in [0.25, 0.3) is 0 Å². The molecule has 114 valence electrons. The van der Waals surface area contributed by atoms with Gasteiger partial charge in [-0.05, 0) is 42.5 Å². The summed E-state index contributed by atoms with van der Waals surface area (Å²) in [4.78, 5) is 0. The van der Waals surface area contributed by atoms with Gasteiger partial charge in [0.15, 0.2) is 0 Å². The fraction of sp³-hybridized carbons (Fsp3) is 0.444. The van der Waals surface area contributed by atoms with Gasteiger partial charge in [-0.15, -0.1) is 0 Å². The summed E-state index contributed by atoms with van der Waals surface area (Å²) in [5.74, 6) is 1.44. The second-order valence-electron chi connectivity index (χ2n) is 5.98. The third-order valence-electron chi connectivity index (χ3n) is 3.64. The van der Waals surface area contributed by atoms with Crippen LogP contribution < -0.4 is 5.32 Å². The second-order valence-corrected chi connectivity index (χ2v) is 5.98. The lowest BCUT2D eigenvalue weighted by atomic mass is 9.99. The summed E-state index contributed by atoms with van der Waals surface area (Å²) in [6.45, 7) is 6.58. The molecule has 0 saturated heterocycles. The highest BCUT2D eigenvalue weighted by atomic mass is 16.3. The maximum Gasteiger partial charge on any atom is 0.123 e. The van der Waals surface area contributed by atoms with E-state index >= 15 is 0 Å². The van der Waals surface area contributed by atoms with Gasteiger partial charge in [0.1, 0.15) is 5.76 Å². The Morgan fingerprint density at radius 2 is 1.81 bits per heavy atom. The Hall–Kier alpha value is -1.58. The molecule has 2 rings (SSSR count). The average Bonchev–Trinajstić information content (AvgIpc) is 2.98. The summed E-state index contributed by atoms with van der Waals surface area (Å²) in [6, 6.07) is 12.4. The predicted octanol–water partition coefficient (Wildman–Crippen LogP) is 3.86. The van der Waals surface area contributed by atoms with E-state index in [2.05, 4.69) is 50.4 Å². The lowest BCUT2D eigenvalue weighted by Crippen LogP contribution is -2.27. The Labute approximate surface area is 127 Å². The van der Waals surface area contributed by atoms with Crippen LogP contribution in [0.1, 0.15) is 49.7 Å². The third kappa shape index (κ3) is 4.45. The van der Waals surface area contributed by atoms with Crippen LogP contribution in [-0.4, -0.2) is 11.7 Å². The number of hydrogen-bond donors (Lipinski definition) is 2. The molecule has 0 fully saturated rings. The van der Waals surface area contributed by atoms with Crippen molar-refractivity contribution in [2.24, 2.45) is 5.92 Å². The number of nitrogens with one attached hydrogen (secondary N) is 1. The van der Waals surface area contributed by atoms with E-state index in [1.54, 1.807) is 6.26 Å². The van der Waals surface area contributed by atoms with Crippen LogP contribution >= 0.6 is 0 Å². The van der Waals surface area contributed by atoms with Crippen molar-refractivity contribution in [3.05, 3.63) is 59.5 Å². The van der Waals surface area contributed by atoms with E-state index in [1.807, 2.05) is 12.1 Å². The van der Waals surface area contributed by atoms with Crippen LogP contribution in [0.4, 0.5) is 0 Å². The molecule has 0 spiro atoms. The van der Waals surface area contributed by atoms with Crippen LogP contribution in [0, 0.1) is 5.92 Å². The van der Waals surface area contributed by atoms with Gasteiger partial charge in [-0.3, -0.25) is 5.32 Å². The van der Waals surface area contributed by atoms with Crippen molar-refractivity contribution in [2.75, 3.05) is 6.61 Å². The molecular formula is C18H25NO2. The van der Waals surface area contributed by atoms with E-state index in [1.165, 1.54) is 11.1 Å². The molecule has 0 amide bonds. The summed E-state index contributed by atoms with van der Waals surface area (Å²) in [5, 5.41) is 12.9. The van der Waals surface area contributed by atoms with Crippen LogP contribution in [0.15, 0.2) is 47.1 Å². The highest BCUT2D eigenvalue weighted by Crippen LogP contribution is 2.20. The molecule has 0 aliphatic rings. The molecule has 3 heteroatoms. The molecule has 21 heavy (non-hydrogen) atoms. The topological polar surface area (TPSA) is 45.4 Å². The van der Waals surface area contributed by atoms with Crippen molar-refractivity contribution in [2.45, 2.75) is 39.3 Å². The highest BCUT2D eigenvalue weighted by Gasteiger charge is 2.16.